The van der Waals surface area contributed by atoms with Gasteiger partial charge in [0.1, 0.15) is 0 Å². The fourth-order valence-corrected chi connectivity index (χ4v) is 1.36. The fourth-order valence-electron chi connectivity index (χ4n) is 0.734. The minimum absolute atomic E-state index is 0.103. The summed E-state index contributed by atoms with van der Waals surface area (Å²) in [6.45, 7) is 0. The highest BCUT2D eigenvalue weighted by Crippen LogP contribution is 2.13. The van der Waals surface area contributed by atoms with E-state index in [-0.39, 0.29) is 11.9 Å². The minimum Gasteiger partial charge on any atom is -0.349 e. The van der Waals surface area contributed by atoms with Crippen LogP contribution in [-0.4, -0.2) is 30.9 Å². The Labute approximate surface area is 86.8 Å². The Morgan fingerprint density at radius 3 is 2.64 bits per heavy atom. The summed E-state index contributed by atoms with van der Waals surface area (Å²) in [7, 11) is 3.49. The molecular formula is C8H13N5S. The van der Waals surface area contributed by atoms with Crippen molar-refractivity contribution in [3.63, 3.8) is 0 Å². The molecule has 0 spiro atoms. The smallest absolute Gasteiger partial charge is 0.200 e. The maximum atomic E-state index is 7.51. The molecular weight excluding hydrogens is 198 g/mol. The largest absolute Gasteiger partial charge is 0.349 e. The Morgan fingerprint density at radius 1 is 1.43 bits per heavy atom. The van der Waals surface area contributed by atoms with Crippen molar-refractivity contribution in [3.05, 3.63) is 17.5 Å². The van der Waals surface area contributed by atoms with Gasteiger partial charge in [-0.1, -0.05) is 0 Å². The molecule has 1 rings (SSSR count). The van der Waals surface area contributed by atoms with Crippen LogP contribution in [-0.2, 0) is 0 Å². The predicted molar refractivity (Wildman–Crippen MR) is 60.2 cm³/mol. The van der Waals surface area contributed by atoms with Crippen LogP contribution in [0.4, 0.5) is 5.00 Å². The quantitative estimate of drug-likeness (QED) is 0.416. The van der Waals surface area contributed by atoms with E-state index in [2.05, 4.69) is 10.6 Å². The van der Waals surface area contributed by atoms with E-state index < -0.39 is 0 Å². The van der Waals surface area contributed by atoms with Gasteiger partial charge in [-0.15, -0.1) is 11.3 Å². The molecule has 0 atom stereocenters. The van der Waals surface area contributed by atoms with E-state index in [0.29, 0.717) is 0 Å². The number of nitrogens with one attached hydrogen (secondary N) is 4. The lowest BCUT2D eigenvalue weighted by atomic mass is 10.6. The molecule has 6 heteroatoms. The van der Waals surface area contributed by atoms with Gasteiger partial charge in [0.2, 0.25) is 0 Å². The second-order valence-electron chi connectivity index (χ2n) is 2.85. The molecule has 0 amide bonds. The molecule has 0 saturated heterocycles. The molecule has 0 fully saturated rings. The van der Waals surface area contributed by atoms with Crippen LogP contribution in [0.15, 0.2) is 17.5 Å². The van der Waals surface area contributed by atoms with Gasteiger partial charge in [-0.2, -0.15) is 0 Å². The van der Waals surface area contributed by atoms with Crippen molar-refractivity contribution >= 4 is 28.3 Å². The molecule has 0 aromatic carbocycles. The zero-order valence-electron chi connectivity index (χ0n) is 8.09. The average molecular weight is 211 g/mol. The van der Waals surface area contributed by atoms with Gasteiger partial charge in [-0.3, -0.25) is 16.1 Å². The maximum Gasteiger partial charge on any atom is 0.200 e. The van der Waals surface area contributed by atoms with Gasteiger partial charge in [0, 0.05) is 14.1 Å². The number of anilines is 1. The third kappa shape index (κ3) is 3.06. The molecule has 0 bridgehead atoms. The van der Waals surface area contributed by atoms with E-state index in [4.69, 9.17) is 10.8 Å². The lowest BCUT2D eigenvalue weighted by molar-refractivity contribution is 0.599. The summed E-state index contributed by atoms with van der Waals surface area (Å²) in [5.74, 6) is 0.283. The van der Waals surface area contributed by atoms with Gasteiger partial charge in [0.05, 0.1) is 5.00 Å². The molecule has 0 saturated carbocycles. The first-order valence-corrected chi connectivity index (χ1v) is 4.89. The van der Waals surface area contributed by atoms with Crippen LogP contribution in [0.1, 0.15) is 0 Å². The van der Waals surface area contributed by atoms with Crippen LogP contribution in [0.2, 0.25) is 0 Å². The van der Waals surface area contributed by atoms with Crippen molar-refractivity contribution < 1.29 is 0 Å². The van der Waals surface area contributed by atoms with E-state index in [0.717, 1.165) is 5.00 Å². The number of hydrogen-bond acceptors (Lipinski definition) is 3. The lowest BCUT2D eigenvalue weighted by Gasteiger charge is -2.15. The van der Waals surface area contributed by atoms with Crippen molar-refractivity contribution in [1.29, 1.82) is 10.8 Å². The van der Waals surface area contributed by atoms with Crippen LogP contribution in [0.25, 0.3) is 0 Å². The number of rotatable bonds is 1. The van der Waals surface area contributed by atoms with Crippen LogP contribution < -0.4 is 10.6 Å². The highest BCUT2D eigenvalue weighted by atomic mass is 32.1. The zero-order chi connectivity index (χ0) is 10.6. The normalized spacial score (nSPS) is 9.29. The van der Waals surface area contributed by atoms with E-state index in [1.54, 1.807) is 19.0 Å². The van der Waals surface area contributed by atoms with E-state index in [1.807, 2.05) is 17.5 Å². The molecule has 0 aliphatic heterocycles. The van der Waals surface area contributed by atoms with Crippen molar-refractivity contribution in [2.24, 2.45) is 0 Å². The second-order valence-corrected chi connectivity index (χ2v) is 3.79. The monoisotopic (exact) mass is 211 g/mol. The number of nitrogens with zero attached hydrogens (tertiary/aromatic N) is 1. The summed E-state index contributed by atoms with van der Waals surface area (Å²) in [6, 6.07) is 3.78. The molecule has 1 heterocycles. The fraction of sp³-hybridized carbons (Fsp3) is 0.250. The van der Waals surface area contributed by atoms with Gasteiger partial charge in [0.15, 0.2) is 11.9 Å². The second kappa shape index (κ2) is 4.61. The topological polar surface area (TPSA) is 75.0 Å². The maximum absolute atomic E-state index is 7.51. The third-order valence-electron chi connectivity index (χ3n) is 1.46. The van der Waals surface area contributed by atoms with Gasteiger partial charge < -0.3 is 10.2 Å². The third-order valence-corrected chi connectivity index (χ3v) is 2.25. The molecule has 1 aromatic heterocycles. The van der Waals surface area contributed by atoms with Gasteiger partial charge in [-0.05, 0) is 17.5 Å². The summed E-state index contributed by atoms with van der Waals surface area (Å²) in [6.07, 6.45) is 0. The number of hydrogen-bond donors (Lipinski definition) is 4. The first-order valence-electron chi connectivity index (χ1n) is 4.01. The highest BCUT2D eigenvalue weighted by molar-refractivity contribution is 7.14. The molecule has 14 heavy (non-hydrogen) atoms. The zero-order valence-corrected chi connectivity index (χ0v) is 8.90. The Balaban J connectivity index is 2.41. The lowest BCUT2D eigenvalue weighted by Crippen LogP contribution is -2.41. The Bertz CT molecular complexity index is 316. The van der Waals surface area contributed by atoms with Crippen molar-refractivity contribution in [2.75, 3.05) is 19.4 Å². The average Bonchev–Trinajstić information content (AvgIpc) is 2.56. The predicted octanol–water partition coefficient (Wildman–Crippen LogP) is 1.18. The molecule has 76 valence electrons. The molecule has 0 unspecified atom stereocenters. The first kappa shape index (κ1) is 10.5. The molecule has 1 aromatic rings. The standard InChI is InChI=1S/C8H13N5S/c1-13(2)8(10)12-7(9)11-6-4-3-5-14-6/h3-5H,1-2H3,(H4,9,10,11,12). The van der Waals surface area contributed by atoms with Gasteiger partial charge in [-0.25, -0.2) is 0 Å². The molecule has 5 nitrogen and oxygen atoms in total. The van der Waals surface area contributed by atoms with Crippen molar-refractivity contribution in [1.82, 2.24) is 10.2 Å². The van der Waals surface area contributed by atoms with Crippen LogP contribution in [0, 0.1) is 10.8 Å². The van der Waals surface area contributed by atoms with E-state index in [9.17, 15) is 0 Å². The number of thiophene rings is 1. The molecule has 0 aliphatic carbocycles. The highest BCUT2D eigenvalue weighted by Gasteiger charge is 2.02. The van der Waals surface area contributed by atoms with Gasteiger partial charge >= 0.3 is 0 Å². The van der Waals surface area contributed by atoms with E-state index >= 15 is 0 Å². The number of guanidine groups is 2. The van der Waals surface area contributed by atoms with E-state index in [1.165, 1.54) is 11.3 Å². The Kier molecular flexibility index (Phi) is 3.47. The summed E-state index contributed by atoms with van der Waals surface area (Å²) in [4.78, 5) is 1.59. The van der Waals surface area contributed by atoms with Crippen LogP contribution in [0.3, 0.4) is 0 Å². The summed E-state index contributed by atoms with van der Waals surface area (Å²) in [5.41, 5.74) is 0. The van der Waals surface area contributed by atoms with Crippen LogP contribution >= 0.6 is 11.3 Å². The molecule has 4 N–H and O–H groups in total. The Morgan fingerprint density at radius 2 is 2.14 bits per heavy atom. The summed E-state index contributed by atoms with van der Waals surface area (Å²) >= 11 is 1.51. The SMILES string of the molecule is CN(C)C(=N)NC(=N)Nc1cccs1. The summed E-state index contributed by atoms with van der Waals surface area (Å²) in [5, 5.41) is 23.2. The molecule has 0 radical (unpaired) electrons. The van der Waals surface area contributed by atoms with Crippen molar-refractivity contribution in [2.45, 2.75) is 0 Å². The Hall–Kier alpha value is -1.56. The summed E-state index contributed by atoms with van der Waals surface area (Å²) < 4.78 is 0. The minimum atomic E-state index is 0.103. The molecule has 0 aliphatic rings. The van der Waals surface area contributed by atoms with Gasteiger partial charge in [0.25, 0.3) is 0 Å². The van der Waals surface area contributed by atoms with Crippen LogP contribution in [0.5, 0.6) is 0 Å². The first-order chi connectivity index (χ1) is 6.59. The van der Waals surface area contributed by atoms with Crippen molar-refractivity contribution in [3.8, 4) is 0 Å².